The number of rotatable bonds is 36. The number of aryl methyl sites for hydroxylation is 5. The molecule has 14 aromatic rings. The lowest BCUT2D eigenvalue weighted by atomic mass is 9.70. The summed E-state index contributed by atoms with van der Waals surface area (Å²) < 4.78 is 0. The maximum absolute atomic E-state index is 2.53. The molecule has 0 aliphatic heterocycles. The van der Waals surface area contributed by atoms with Crippen molar-refractivity contribution in [1.29, 1.82) is 0 Å². The highest BCUT2D eigenvalue weighted by Crippen LogP contribution is 2.57. The number of para-hydroxylation sites is 2. The lowest BCUT2D eigenvalue weighted by Gasteiger charge is -2.34. The molecule has 0 N–H and O–H groups in total. The minimum absolute atomic E-state index is 0.145. The van der Waals surface area contributed by atoms with E-state index in [-0.39, 0.29) is 10.8 Å². The molecule has 0 saturated heterocycles. The number of hydrogen-bond acceptors (Lipinski definition) is 4. The van der Waals surface area contributed by atoms with Crippen LogP contribution in [0.3, 0.4) is 0 Å². The Labute approximate surface area is 735 Å². The Morgan fingerprint density at radius 3 is 1.08 bits per heavy atom. The van der Waals surface area contributed by atoms with Gasteiger partial charge in [-0.3, -0.25) is 0 Å². The minimum atomic E-state index is 0.145. The molecular weight excluding hydrogens is 1470 g/mol. The Hall–Kier alpha value is -10.7. The summed E-state index contributed by atoms with van der Waals surface area (Å²) in [6, 6.07) is 106. The standard InChI is InChI=1S/2C33H43N.C32H35N.C20H19N/c1-5-7-9-14-22-33(23-15-10-8-6-2)31-24-26(3)18-20-29(31)30-21-19-28(25-32(30)33)34(4)27-16-12-11-13-17-27;1-5-7-9-13-23-33(24-14-10-8-6-2)31-16-12-11-15-29(31)30-22-21-28(25-32(30)33)34(4)27-19-17-26(3)18-20-27;1-4-5-6-7-8-9-10-24-12-18-27(19-13-24)33(3)30-22-17-26-15-20-28-23(2)11-14-25-16-21-29(30)32(26)31(25)28;1-16-8-10-17(11-9-16)18-12-14-20(15-13-18)21(2)19-6-4-3-5-7-19/h11-13,16-21,24-25H,5-10,14-15,22-23H2,1-4H3;11-12,15-22,25H,5-10,13-14,23-24H2,1-4H3;11-22H,4-10H2,1-3H3;3-15H,1-2H3. The van der Waals surface area contributed by atoms with Crippen molar-refractivity contribution in [3.63, 3.8) is 0 Å². The van der Waals surface area contributed by atoms with E-state index in [0.717, 1.165) is 0 Å². The summed E-state index contributed by atoms with van der Waals surface area (Å²) in [5.41, 5.74) is 31.7. The van der Waals surface area contributed by atoms with E-state index in [4.69, 9.17) is 0 Å². The average molecular weight is 1610 g/mol. The molecule has 0 spiro atoms. The topological polar surface area (TPSA) is 13.0 Å². The Morgan fingerprint density at radius 2 is 0.574 bits per heavy atom. The summed E-state index contributed by atoms with van der Waals surface area (Å²) in [6.07, 6.45) is 35.5. The third-order valence-corrected chi connectivity index (χ3v) is 27.1. The van der Waals surface area contributed by atoms with Crippen LogP contribution in [0.25, 0.3) is 65.7 Å². The number of hydrogen-bond donors (Lipinski definition) is 0. The van der Waals surface area contributed by atoms with Gasteiger partial charge in [-0.2, -0.15) is 0 Å². The van der Waals surface area contributed by atoms with Crippen LogP contribution in [0.2, 0.25) is 0 Å². The normalized spacial score (nSPS) is 12.5. The summed E-state index contributed by atoms with van der Waals surface area (Å²) >= 11 is 0. The fraction of sp³-hybridized carbons (Fsp3) is 0.356. The predicted octanol–water partition coefficient (Wildman–Crippen LogP) is 34.9. The molecule has 0 atom stereocenters. The van der Waals surface area contributed by atoms with Gasteiger partial charge < -0.3 is 19.6 Å². The van der Waals surface area contributed by atoms with Crippen LogP contribution in [-0.2, 0) is 17.3 Å². The maximum Gasteiger partial charge on any atom is 0.0488 e. The van der Waals surface area contributed by atoms with E-state index in [1.54, 1.807) is 22.3 Å². The zero-order chi connectivity index (χ0) is 85.4. The van der Waals surface area contributed by atoms with E-state index in [1.165, 1.54) is 312 Å². The van der Waals surface area contributed by atoms with Crippen molar-refractivity contribution in [1.82, 2.24) is 0 Å². The Morgan fingerprint density at radius 1 is 0.238 bits per heavy atom. The average Bonchev–Trinajstić information content (AvgIpc) is 1.50. The first-order chi connectivity index (χ1) is 59.6. The molecule has 14 aromatic carbocycles. The van der Waals surface area contributed by atoms with E-state index in [9.17, 15) is 0 Å². The lowest BCUT2D eigenvalue weighted by molar-refractivity contribution is 0.401. The van der Waals surface area contributed by atoms with Gasteiger partial charge in [-0.1, -0.05) is 380 Å². The molecule has 2 aliphatic carbocycles. The number of benzene rings is 14. The van der Waals surface area contributed by atoms with Gasteiger partial charge in [0, 0.05) is 89.9 Å². The molecule has 0 fully saturated rings. The summed E-state index contributed by atoms with van der Waals surface area (Å²) in [5, 5.41) is 8.12. The van der Waals surface area contributed by atoms with Gasteiger partial charge >= 0.3 is 0 Å². The van der Waals surface area contributed by atoms with Crippen molar-refractivity contribution in [2.45, 2.75) is 247 Å². The molecule has 0 bridgehead atoms. The molecular formula is C118H140N4. The molecule has 0 saturated carbocycles. The first kappa shape index (κ1) is 89.1. The summed E-state index contributed by atoms with van der Waals surface area (Å²) in [4.78, 5) is 9.22. The number of fused-ring (bicyclic) bond motifs is 6. The highest BCUT2D eigenvalue weighted by Gasteiger charge is 2.44. The number of nitrogens with zero attached hydrogens (tertiary/aromatic N) is 4. The van der Waals surface area contributed by atoms with Gasteiger partial charge in [-0.25, -0.2) is 0 Å². The van der Waals surface area contributed by atoms with Crippen molar-refractivity contribution >= 4 is 77.8 Å². The molecule has 632 valence electrons. The summed E-state index contributed by atoms with van der Waals surface area (Å²) in [6.45, 7) is 20.3. The molecule has 4 nitrogen and oxygen atoms in total. The van der Waals surface area contributed by atoms with Crippen molar-refractivity contribution in [2.24, 2.45) is 0 Å². The molecule has 0 unspecified atom stereocenters. The minimum Gasteiger partial charge on any atom is -0.345 e. The maximum atomic E-state index is 2.53. The molecule has 0 heterocycles. The van der Waals surface area contributed by atoms with E-state index in [1.807, 2.05) is 6.07 Å². The summed E-state index contributed by atoms with van der Waals surface area (Å²) in [7, 11) is 8.70. The Balaban J connectivity index is 0.000000142. The molecule has 0 aromatic heterocycles. The van der Waals surface area contributed by atoms with Gasteiger partial charge in [0.15, 0.2) is 0 Å². The largest absolute Gasteiger partial charge is 0.345 e. The van der Waals surface area contributed by atoms with Crippen LogP contribution < -0.4 is 19.6 Å². The monoisotopic (exact) mass is 1610 g/mol. The van der Waals surface area contributed by atoms with Crippen LogP contribution in [0.1, 0.15) is 252 Å². The first-order valence-electron chi connectivity index (χ1n) is 47.2. The van der Waals surface area contributed by atoms with Crippen molar-refractivity contribution in [2.75, 3.05) is 47.8 Å². The van der Waals surface area contributed by atoms with Gasteiger partial charge in [0.2, 0.25) is 0 Å². The fourth-order valence-corrected chi connectivity index (χ4v) is 19.7. The second-order valence-corrected chi connectivity index (χ2v) is 35.7. The van der Waals surface area contributed by atoms with Crippen LogP contribution in [0.5, 0.6) is 0 Å². The molecule has 2 aliphatic rings. The number of anilines is 8. The Bertz CT molecular complexity index is 5540. The second kappa shape index (κ2) is 43.4. The van der Waals surface area contributed by atoms with Gasteiger partial charge in [0.25, 0.3) is 0 Å². The highest BCUT2D eigenvalue weighted by molar-refractivity contribution is 6.26. The van der Waals surface area contributed by atoms with E-state index >= 15 is 0 Å². The van der Waals surface area contributed by atoms with Crippen LogP contribution in [-0.4, -0.2) is 28.2 Å². The quantitative estimate of drug-likeness (QED) is 0.0287. The van der Waals surface area contributed by atoms with Gasteiger partial charge in [-0.15, -0.1) is 0 Å². The van der Waals surface area contributed by atoms with E-state index in [2.05, 4.69) is 389 Å². The third-order valence-electron chi connectivity index (χ3n) is 27.1. The Kier molecular flexibility index (Phi) is 31.7. The van der Waals surface area contributed by atoms with Crippen LogP contribution in [0, 0.1) is 27.7 Å². The molecule has 16 rings (SSSR count). The molecule has 122 heavy (non-hydrogen) atoms. The molecule has 0 amide bonds. The highest BCUT2D eigenvalue weighted by atomic mass is 15.1. The van der Waals surface area contributed by atoms with Gasteiger partial charge in [-0.05, 0) is 251 Å². The van der Waals surface area contributed by atoms with Crippen LogP contribution >= 0.6 is 0 Å². The molecule has 4 heteroatoms. The van der Waals surface area contributed by atoms with E-state index in [0.29, 0.717) is 0 Å². The van der Waals surface area contributed by atoms with Crippen molar-refractivity contribution < 1.29 is 0 Å². The molecule has 0 radical (unpaired) electrons. The predicted molar refractivity (Wildman–Crippen MR) is 536 cm³/mol. The second-order valence-electron chi connectivity index (χ2n) is 35.7. The van der Waals surface area contributed by atoms with Gasteiger partial charge in [0.05, 0.1) is 0 Å². The zero-order valence-corrected chi connectivity index (χ0v) is 76.5. The van der Waals surface area contributed by atoms with Crippen LogP contribution in [0.4, 0.5) is 45.5 Å². The van der Waals surface area contributed by atoms with Gasteiger partial charge in [0.1, 0.15) is 0 Å². The van der Waals surface area contributed by atoms with Crippen LogP contribution in [0.15, 0.2) is 285 Å². The van der Waals surface area contributed by atoms with E-state index < -0.39 is 0 Å². The van der Waals surface area contributed by atoms with Crippen molar-refractivity contribution in [3.05, 3.63) is 335 Å². The SMILES string of the molecule is CCCCCCC1(CCCCCC)c2cc(C)ccc2-c2ccc(N(C)c3ccccc3)cc21.CCCCCCC1(CCCCCC)c2ccccc2-c2ccc(N(C)c3ccc(C)cc3)cc21.CCCCCCCCc1ccc(N(C)c2ccc3ccc4c(C)ccc5ccc2c3c54)cc1.Cc1ccc(-c2ccc(N(C)c3ccccc3)cc2)cc1. The van der Waals surface area contributed by atoms with Crippen molar-refractivity contribution in [3.8, 4) is 33.4 Å². The zero-order valence-electron chi connectivity index (χ0n) is 76.5. The third kappa shape index (κ3) is 21.0. The fourth-order valence-electron chi connectivity index (χ4n) is 19.7. The smallest absolute Gasteiger partial charge is 0.0488 e. The first-order valence-corrected chi connectivity index (χ1v) is 47.2. The lowest BCUT2D eigenvalue weighted by Crippen LogP contribution is -2.26. The number of unbranched alkanes of at least 4 members (excludes halogenated alkanes) is 17. The summed E-state index contributed by atoms with van der Waals surface area (Å²) in [5.74, 6) is 0.